The fourth-order valence-corrected chi connectivity index (χ4v) is 4.50. The lowest BCUT2D eigenvalue weighted by Gasteiger charge is -2.20. The summed E-state index contributed by atoms with van der Waals surface area (Å²) in [7, 11) is 2.21. The maximum atomic E-state index is 12.4. The second-order valence-corrected chi connectivity index (χ2v) is 9.14. The van der Waals surface area contributed by atoms with Crippen molar-refractivity contribution in [3.8, 4) is 0 Å². The standard InChI is InChI=1S/C25H42N6O/c1-3-26-25(27-12-7-14-30-15-8-13-29(2)17-18-30)28-20-23-19-24(32)31(21-23)16-11-22-9-5-4-6-10-22/h4-6,9-10,23H,3,7-8,11-21H2,1-2H3,(H2,26,27,28). The minimum absolute atomic E-state index is 0.266. The number of guanidine groups is 1. The smallest absolute Gasteiger partial charge is 0.223 e. The first-order valence-corrected chi connectivity index (χ1v) is 12.4. The molecule has 0 bridgehead atoms. The monoisotopic (exact) mass is 442 g/mol. The molecule has 2 aliphatic rings. The zero-order chi connectivity index (χ0) is 22.6. The molecule has 0 radical (unpaired) electrons. The number of carbonyl (C=O) groups is 1. The van der Waals surface area contributed by atoms with Gasteiger partial charge in [-0.25, -0.2) is 0 Å². The Morgan fingerprint density at radius 2 is 1.94 bits per heavy atom. The molecular weight excluding hydrogens is 400 g/mol. The Hall–Kier alpha value is -2.12. The van der Waals surface area contributed by atoms with Gasteiger partial charge in [0.1, 0.15) is 0 Å². The fourth-order valence-electron chi connectivity index (χ4n) is 4.50. The average molecular weight is 443 g/mol. The Labute approximate surface area is 194 Å². The second-order valence-electron chi connectivity index (χ2n) is 9.14. The number of nitrogens with one attached hydrogen (secondary N) is 2. The Bertz CT molecular complexity index is 710. The highest BCUT2D eigenvalue weighted by molar-refractivity contribution is 5.80. The first kappa shape index (κ1) is 24.5. The lowest BCUT2D eigenvalue weighted by molar-refractivity contribution is -0.127. The minimum Gasteiger partial charge on any atom is -0.357 e. The van der Waals surface area contributed by atoms with E-state index < -0.39 is 0 Å². The van der Waals surface area contributed by atoms with E-state index in [0.717, 1.165) is 51.5 Å². The number of hydrogen-bond donors (Lipinski definition) is 2. The van der Waals surface area contributed by atoms with E-state index in [9.17, 15) is 4.79 Å². The number of amides is 1. The summed E-state index contributed by atoms with van der Waals surface area (Å²) in [6.45, 7) is 12.0. The van der Waals surface area contributed by atoms with E-state index >= 15 is 0 Å². The first-order valence-electron chi connectivity index (χ1n) is 12.4. The zero-order valence-electron chi connectivity index (χ0n) is 20.1. The number of hydrogen-bond acceptors (Lipinski definition) is 4. The van der Waals surface area contributed by atoms with Crippen molar-refractivity contribution in [2.45, 2.75) is 32.6 Å². The van der Waals surface area contributed by atoms with Crippen molar-refractivity contribution in [3.05, 3.63) is 35.9 Å². The summed E-state index contributed by atoms with van der Waals surface area (Å²) >= 11 is 0. The van der Waals surface area contributed by atoms with E-state index in [4.69, 9.17) is 4.99 Å². The number of carbonyl (C=O) groups excluding carboxylic acids is 1. The van der Waals surface area contributed by atoms with Crippen LogP contribution in [0.1, 0.15) is 31.7 Å². The summed E-state index contributed by atoms with van der Waals surface area (Å²) in [6, 6.07) is 10.4. The number of rotatable bonds is 10. The van der Waals surface area contributed by atoms with E-state index in [1.165, 1.54) is 38.2 Å². The zero-order valence-corrected chi connectivity index (χ0v) is 20.1. The molecule has 1 atom stereocenters. The van der Waals surface area contributed by atoms with Crippen LogP contribution in [0.4, 0.5) is 0 Å². The molecule has 1 aromatic rings. The van der Waals surface area contributed by atoms with E-state index in [0.29, 0.717) is 18.9 Å². The third kappa shape index (κ3) is 8.43. The molecule has 0 spiro atoms. The normalized spacial score (nSPS) is 21.1. The van der Waals surface area contributed by atoms with Gasteiger partial charge in [-0.1, -0.05) is 30.3 Å². The molecule has 178 valence electrons. The molecule has 3 rings (SSSR count). The van der Waals surface area contributed by atoms with Crippen molar-refractivity contribution in [2.75, 3.05) is 72.5 Å². The summed E-state index contributed by atoms with van der Waals surface area (Å²) in [5.74, 6) is 1.45. The van der Waals surface area contributed by atoms with Crippen LogP contribution in [0.15, 0.2) is 35.3 Å². The van der Waals surface area contributed by atoms with Gasteiger partial charge in [0.05, 0.1) is 0 Å². The van der Waals surface area contributed by atoms with Gasteiger partial charge in [-0.3, -0.25) is 9.79 Å². The van der Waals surface area contributed by atoms with Gasteiger partial charge in [-0.05, 0) is 58.4 Å². The molecule has 0 aromatic heterocycles. The van der Waals surface area contributed by atoms with Crippen molar-refractivity contribution < 1.29 is 4.79 Å². The molecule has 0 aliphatic carbocycles. The molecule has 2 fully saturated rings. The number of likely N-dealkylation sites (tertiary alicyclic amines) is 1. The molecule has 7 heteroatoms. The van der Waals surface area contributed by atoms with Crippen LogP contribution >= 0.6 is 0 Å². The van der Waals surface area contributed by atoms with Crippen LogP contribution in [0, 0.1) is 5.92 Å². The van der Waals surface area contributed by atoms with Crippen LogP contribution in [0.3, 0.4) is 0 Å². The molecular formula is C25H42N6O. The van der Waals surface area contributed by atoms with E-state index in [2.05, 4.69) is 58.7 Å². The van der Waals surface area contributed by atoms with Gasteiger partial charge in [-0.15, -0.1) is 0 Å². The molecule has 2 N–H and O–H groups in total. The maximum absolute atomic E-state index is 12.4. The molecule has 1 aromatic carbocycles. The summed E-state index contributed by atoms with van der Waals surface area (Å²) in [6.07, 6.45) is 3.90. The van der Waals surface area contributed by atoms with Crippen molar-refractivity contribution in [1.29, 1.82) is 0 Å². The van der Waals surface area contributed by atoms with Crippen molar-refractivity contribution >= 4 is 11.9 Å². The van der Waals surface area contributed by atoms with Crippen LogP contribution in [0.5, 0.6) is 0 Å². The molecule has 2 aliphatic heterocycles. The van der Waals surface area contributed by atoms with E-state index in [1.807, 2.05) is 11.0 Å². The highest BCUT2D eigenvalue weighted by Crippen LogP contribution is 2.18. The van der Waals surface area contributed by atoms with Crippen LogP contribution in [0.25, 0.3) is 0 Å². The van der Waals surface area contributed by atoms with Crippen LogP contribution < -0.4 is 10.6 Å². The SMILES string of the molecule is CCNC(=NCC1CC(=O)N(CCc2ccccc2)C1)NCCCN1CCCN(C)CC1. The molecule has 2 heterocycles. The lowest BCUT2D eigenvalue weighted by atomic mass is 10.1. The Balaban J connectivity index is 1.37. The fraction of sp³-hybridized carbons (Fsp3) is 0.680. The van der Waals surface area contributed by atoms with Gasteiger partial charge >= 0.3 is 0 Å². The van der Waals surface area contributed by atoms with Crippen LogP contribution in [0.2, 0.25) is 0 Å². The Kier molecular flexibility index (Phi) is 10.3. The van der Waals surface area contributed by atoms with E-state index in [-0.39, 0.29) is 5.91 Å². The van der Waals surface area contributed by atoms with Gasteiger partial charge in [0, 0.05) is 58.2 Å². The second kappa shape index (κ2) is 13.4. The molecule has 2 saturated heterocycles. The molecule has 0 saturated carbocycles. The summed E-state index contributed by atoms with van der Waals surface area (Å²) in [4.78, 5) is 24.2. The van der Waals surface area contributed by atoms with Crippen molar-refractivity contribution in [1.82, 2.24) is 25.3 Å². The summed E-state index contributed by atoms with van der Waals surface area (Å²) in [5.41, 5.74) is 1.28. The number of aliphatic imine (C=N–C) groups is 1. The molecule has 1 unspecified atom stereocenters. The molecule has 32 heavy (non-hydrogen) atoms. The minimum atomic E-state index is 0.266. The molecule has 7 nitrogen and oxygen atoms in total. The summed E-state index contributed by atoms with van der Waals surface area (Å²) < 4.78 is 0. The van der Waals surface area contributed by atoms with Gasteiger partial charge in [-0.2, -0.15) is 0 Å². The predicted molar refractivity (Wildman–Crippen MR) is 132 cm³/mol. The summed E-state index contributed by atoms with van der Waals surface area (Å²) in [5, 5.41) is 6.83. The quantitative estimate of drug-likeness (QED) is 0.328. The highest BCUT2D eigenvalue weighted by Gasteiger charge is 2.29. The Morgan fingerprint density at radius 1 is 1.09 bits per heavy atom. The number of nitrogens with zero attached hydrogens (tertiary/aromatic N) is 4. The third-order valence-electron chi connectivity index (χ3n) is 6.42. The lowest BCUT2D eigenvalue weighted by Crippen LogP contribution is -2.39. The molecule has 1 amide bonds. The number of likely N-dealkylation sites (N-methyl/N-ethyl adjacent to an activating group) is 1. The van der Waals surface area contributed by atoms with Crippen molar-refractivity contribution in [2.24, 2.45) is 10.9 Å². The maximum Gasteiger partial charge on any atom is 0.223 e. The van der Waals surface area contributed by atoms with Gasteiger partial charge in [0.15, 0.2) is 5.96 Å². The Morgan fingerprint density at radius 3 is 2.75 bits per heavy atom. The number of benzene rings is 1. The van der Waals surface area contributed by atoms with Crippen molar-refractivity contribution in [3.63, 3.8) is 0 Å². The van der Waals surface area contributed by atoms with Gasteiger partial charge < -0.3 is 25.3 Å². The highest BCUT2D eigenvalue weighted by atomic mass is 16.2. The largest absolute Gasteiger partial charge is 0.357 e. The van der Waals surface area contributed by atoms with E-state index in [1.54, 1.807) is 0 Å². The van der Waals surface area contributed by atoms with Gasteiger partial charge in [0.2, 0.25) is 5.91 Å². The predicted octanol–water partition coefficient (Wildman–Crippen LogP) is 1.66. The average Bonchev–Trinajstić information content (AvgIpc) is 3.02. The first-order chi connectivity index (χ1) is 15.6. The third-order valence-corrected chi connectivity index (χ3v) is 6.42. The van der Waals surface area contributed by atoms with Crippen LogP contribution in [-0.2, 0) is 11.2 Å². The topological polar surface area (TPSA) is 63.2 Å². The van der Waals surface area contributed by atoms with Gasteiger partial charge in [0.25, 0.3) is 0 Å². The van der Waals surface area contributed by atoms with Crippen LogP contribution in [-0.4, -0.2) is 99.1 Å².